The molecule has 0 bridgehead atoms. The number of hydrogen-bond acceptors (Lipinski definition) is 6. The van der Waals surface area contributed by atoms with E-state index in [1.807, 2.05) is 20.8 Å². The molecule has 1 amide bonds. The maximum atomic E-state index is 12.4. The number of nitrogens with one attached hydrogen (secondary N) is 1. The smallest absolute Gasteiger partial charge is 0.410 e. The van der Waals surface area contributed by atoms with Crippen LogP contribution < -0.4 is 11.1 Å². The minimum Gasteiger partial charge on any atom is -0.444 e. The summed E-state index contributed by atoms with van der Waals surface area (Å²) in [6, 6.07) is 0.0340. The highest BCUT2D eigenvalue weighted by Crippen LogP contribution is 2.24. The van der Waals surface area contributed by atoms with Gasteiger partial charge in [-0.05, 0) is 40.0 Å². The fourth-order valence-corrected chi connectivity index (χ4v) is 2.64. The molecular weight excluding hydrogens is 318 g/mol. The summed E-state index contributed by atoms with van der Waals surface area (Å²) in [6.45, 7) is 6.83. The number of nitrogens with two attached hydrogens (primary N) is 1. The van der Waals surface area contributed by atoms with E-state index in [9.17, 15) is 4.79 Å². The molecule has 1 fully saturated rings. The summed E-state index contributed by atoms with van der Waals surface area (Å²) in [5, 5.41) is 3.38. The molecule has 0 radical (unpaired) electrons. The second kappa shape index (κ2) is 7.21. The Morgan fingerprint density at radius 1 is 1.48 bits per heavy atom. The average Bonchev–Trinajstić information content (AvgIpc) is 2.47. The topological polar surface area (TPSA) is 93.4 Å². The third-order valence-electron chi connectivity index (χ3n) is 3.60. The standard InChI is InChI=1S/C15H24ClN5O2/c1-15(2,3)23-14(22)21-7-5-4-6-10(21)8-18-13-11(17)12(16)19-9-20-13/h9-10H,4-8,17H2,1-3H3,(H,18,19,20). The second-order valence-corrected chi connectivity index (χ2v) is 6.99. The molecular formula is C15H24ClN5O2. The summed E-state index contributed by atoms with van der Waals surface area (Å²) < 4.78 is 5.49. The van der Waals surface area contributed by atoms with Gasteiger partial charge in [-0.2, -0.15) is 0 Å². The van der Waals surface area contributed by atoms with Crippen molar-refractivity contribution in [3.8, 4) is 0 Å². The quantitative estimate of drug-likeness (QED) is 0.821. The summed E-state index contributed by atoms with van der Waals surface area (Å²) in [4.78, 5) is 22.0. The number of nitrogens with zero attached hydrogens (tertiary/aromatic N) is 3. The number of likely N-dealkylation sites (tertiary alicyclic amines) is 1. The predicted molar refractivity (Wildman–Crippen MR) is 90.5 cm³/mol. The first-order valence-electron chi connectivity index (χ1n) is 7.77. The van der Waals surface area contributed by atoms with E-state index in [1.165, 1.54) is 6.33 Å². The minimum atomic E-state index is -0.503. The van der Waals surface area contributed by atoms with E-state index in [-0.39, 0.29) is 17.3 Å². The van der Waals surface area contributed by atoms with Gasteiger partial charge in [0, 0.05) is 13.1 Å². The molecule has 1 aromatic heterocycles. The van der Waals surface area contributed by atoms with Crippen molar-refractivity contribution in [2.24, 2.45) is 0 Å². The number of aromatic nitrogens is 2. The Hall–Kier alpha value is -1.76. The Morgan fingerprint density at radius 2 is 2.22 bits per heavy atom. The van der Waals surface area contributed by atoms with Gasteiger partial charge in [0.25, 0.3) is 0 Å². The monoisotopic (exact) mass is 341 g/mol. The first-order valence-corrected chi connectivity index (χ1v) is 8.15. The molecule has 1 atom stereocenters. The van der Waals surface area contributed by atoms with Crippen LogP contribution in [0.15, 0.2) is 6.33 Å². The van der Waals surface area contributed by atoms with Crippen molar-refractivity contribution in [3.63, 3.8) is 0 Å². The number of amides is 1. The van der Waals surface area contributed by atoms with Crippen molar-refractivity contribution in [3.05, 3.63) is 11.5 Å². The molecule has 8 heteroatoms. The Balaban J connectivity index is 2.01. The van der Waals surface area contributed by atoms with Crippen molar-refractivity contribution >= 4 is 29.2 Å². The second-order valence-electron chi connectivity index (χ2n) is 6.63. The molecule has 128 valence electrons. The van der Waals surface area contributed by atoms with Crippen LogP contribution in [0.1, 0.15) is 40.0 Å². The molecule has 3 N–H and O–H groups in total. The first-order chi connectivity index (χ1) is 10.8. The molecule has 0 aliphatic carbocycles. The van der Waals surface area contributed by atoms with Crippen LogP contribution in [-0.4, -0.2) is 45.7 Å². The van der Waals surface area contributed by atoms with Gasteiger partial charge in [-0.25, -0.2) is 14.8 Å². The largest absolute Gasteiger partial charge is 0.444 e. The molecule has 2 heterocycles. The third-order valence-corrected chi connectivity index (χ3v) is 3.90. The molecule has 1 aromatic rings. The molecule has 7 nitrogen and oxygen atoms in total. The van der Waals surface area contributed by atoms with Crippen molar-refractivity contribution in [2.45, 2.75) is 51.7 Å². The van der Waals surface area contributed by atoms with Crippen LogP contribution >= 0.6 is 11.6 Å². The Morgan fingerprint density at radius 3 is 2.91 bits per heavy atom. The molecule has 2 rings (SSSR count). The predicted octanol–water partition coefficient (Wildman–Crippen LogP) is 2.91. The maximum absolute atomic E-state index is 12.4. The lowest BCUT2D eigenvalue weighted by Gasteiger charge is -2.37. The zero-order chi connectivity index (χ0) is 17.0. The van der Waals surface area contributed by atoms with Crippen molar-refractivity contribution in [1.29, 1.82) is 0 Å². The summed E-state index contributed by atoms with van der Waals surface area (Å²) in [7, 11) is 0. The number of rotatable bonds is 3. The highest BCUT2D eigenvalue weighted by molar-refractivity contribution is 6.32. The number of carbonyl (C=O) groups excluding carboxylic acids is 1. The fourth-order valence-electron chi connectivity index (χ4n) is 2.50. The summed E-state index contributed by atoms with van der Waals surface area (Å²) >= 11 is 5.89. The molecule has 0 spiro atoms. The fraction of sp³-hybridized carbons (Fsp3) is 0.667. The van der Waals surface area contributed by atoms with Crippen LogP contribution in [0, 0.1) is 0 Å². The Bertz CT molecular complexity index is 561. The van der Waals surface area contributed by atoms with Crippen LogP contribution in [0.3, 0.4) is 0 Å². The van der Waals surface area contributed by atoms with Gasteiger partial charge in [-0.15, -0.1) is 0 Å². The maximum Gasteiger partial charge on any atom is 0.410 e. The van der Waals surface area contributed by atoms with Gasteiger partial charge in [-0.1, -0.05) is 11.6 Å². The minimum absolute atomic E-state index is 0.0340. The zero-order valence-electron chi connectivity index (χ0n) is 13.8. The SMILES string of the molecule is CC(C)(C)OC(=O)N1CCCCC1CNc1ncnc(Cl)c1N. The lowest BCUT2D eigenvalue weighted by molar-refractivity contribution is 0.0114. The van der Waals surface area contributed by atoms with E-state index >= 15 is 0 Å². The van der Waals surface area contributed by atoms with E-state index in [4.69, 9.17) is 22.1 Å². The molecule has 1 saturated heterocycles. The molecule has 23 heavy (non-hydrogen) atoms. The summed E-state index contributed by atoms with van der Waals surface area (Å²) in [5.74, 6) is 0.486. The van der Waals surface area contributed by atoms with E-state index < -0.39 is 5.60 Å². The molecule has 1 unspecified atom stereocenters. The van der Waals surface area contributed by atoms with Crippen molar-refractivity contribution in [2.75, 3.05) is 24.1 Å². The van der Waals surface area contributed by atoms with E-state index in [0.29, 0.717) is 24.6 Å². The van der Waals surface area contributed by atoms with Gasteiger partial charge in [-0.3, -0.25) is 0 Å². The van der Waals surface area contributed by atoms with Gasteiger partial charge in [0.1, 0.15) is 17.6 Å². The summed E-state index contributed by atoms with van der Waals surface area (Å²) in [5.41, 5.74) is 5.66. The number of nitrogen functional groups attached to an aromatic ring is 1. The highest BCUT2D eigenvalue weighted by Gasteiger charge is 2.30. The zero-order valence-corrected chi connectivity index (χ0v) is 14.6. The van der Waals surface area contributed by atoms with E-state index in [2.05, 4.69) is 15.3 Å². The van der Waals surface area contributed by atoms with Crippen LogP contribution in [0.4, 0.5) is 16.3 Å². The first kappa shape index (κ1) is 17.6. The lowest BCUT2D eigenvalue weighted by Crippen LogP contribution is -2.49. The van der Waals surface area contributed by atoms with Crippen LogP contribution in [0.5, 0.6) is 0 Å². The number of anilines is 2. The average molecular weight is 342 g/mol. The van der Waals surface area contributed by atoms with Gasteiger partial charge < -0.3 is 20.7 Å². The number of ether oxygens (including phenoxy) is 1. The molecule has 1 aliphatic rings. The van der Waals surface area contributed by atoms with Crippen LogP contribution in [0.2, 0.25) is 5.15 Å². The highest BCUT2D eigenvalue weighted by atomic mass is 35.5. The number of halogens is 1. The number of piperidine rings is 1. The van der Waals surface area contributed by atoms with Crippen molar-refractivity contribution in [1.82, 2.24) is 14.9 Å². The van der Waals surface area contributed by atoms with Gasteiger partial charge >= 0.3 is 6.09 Å². The Kier molecular flexibility index (Phi) is 5.51. The van der Waals surface area contributed by atoms with Gasteiger partial charge in [0.2, 0.25) is 0 Å². The van der Waals surface area contributed by atoms with E-state index in [0.717, 1.165) is 19.3 Å². The van der Waals surface area contributed by atoms with Crippen LogP contribution in [-0.2, 0) is 4.74 Å². The number of hydrogen-bond donors (Lipinski definition) is 2. The van der Waals surface area contributed by atoms with Crippen LogP contribution in [0.25, 0.3) is 0 Å². The van der Waals surface area contributed by atoms with Gasteiger partial charge in [0.15, 0.2) is 11.0 Å². The molecule has 1 aliphatic heterocycles. The molecule has 0 aromatic carbocycles. The number of carbonyl (C=O) groups is 1. The lowest BCUT2D eigenvalue weighted by atomic mass is 10.0. The molecule has 0 saturated carbocycles. The summed E-state index contributed by atoms with van der Waals surface area (Å²) in [6.07, 6.45) is 4.04. The Labute approximate surface area is 141 Å². The van der Waals surface area contributed by atoms with Gasteiger partial charge in [0.05, 0.1) is 6.04 Å². The van der Waals surface area contributed by atoms with Crippen molar-refractivity contribution < 1.29 is 9.53 Å². The van der Waals surface area contributed by atoms with E-state index in [1.54, 1.807) is 4.90 Å². The normalized spacial score (nSPS) is 18.6. The third kappa shape index (κ3) is 4.86.